The summed E-state index contributed by atoms with van der Waals surface area (Å²) in [4.78, 5) is 0. The van der Waals surface area contributed by atoms with Gasteiger partial charge in [0.1, 0.15) is 12.2 Å². The lowest BCUT2D eigenvalue weighted by Crippen LogP contribution is -2.69. The number of hydrogen-bond donors (Lipinski definition) is 1. The predicted octanol–water partition coefficient (Wildman–Crippen LogP) is 6.20. The Labute approximate surface area is 195 Å². The average molecular weight is 455 g/mol. The molecule has 0 amide bonds. The van der Waals surface area contributed by atoms with Crippen LogP contribution in [0.3, 0.4) is 0 Å². The molecule has 1 N–H and O–H groups in total. The lowest BCUT2D eigenvalue weighted by molar-refractivity contribution is -0.286. The zero-order valence-corrected chi connectivity index (χ0v) is 21.9. The van der Waals surface area contributed by atoms with Crippen LogP contribution >= 0.6 is 11.8 Å². The molecule has 1 aliphatic heterocycles. The van der Waals surface area contributed by atoms with Gasteiger partial charge in [-0.3, -0.25) is 0 Å². The molecule has 5 heteroatoms. The Bertz CT molecular complexity index is 643. The Morgan fingerprint density at radius 2 is 1.90 bits per heavy atom. The van der Waals surface area contributed by atoms with Crippen molar-refractivity contribution in [1.82, 2.24) is 0 Å². The maximum absolute atomic E-state index is 11.2. The van der Waals surface area contributed by atoms with Crippen molar-refractivity contribution in [3.8, 4) is 0 Å². The molecule has 0 aromatic rings. The second-order valence-corrected chi connectivity index (χ2v) is 11.5. The molecule has 0 spiro atoms. The van der Waals surface area contributed by atoms with Gasteiger partial charge in [-0.05, 0) is 69.6 Å². The highest BCUT2D eigenvalue weighted by Gasteiger charge is 2.73. The molecule has 6 atom stereocenters. The van der Waals surface area contributed by atoms with E-state index in [-0.39, 0.29) is 22.9 Å². The number of aliphatic hydroxyl groups is 1. The number of hydrogen-bond acceptors (Lipinski definition) is 5. The molecule has 1 heterocycles. The summed E-state index contributed by atoms with van der Waals surface area (Å²) in [6.45, 7) is 20.2. The van der Waals surface area contributed by atoms with Crippen molar-refractivity contribution in [1.29, 1.82) is 0 Å². The van der Waals surface area contributed by atoms with Crippen molar-refractivity contribution in [3.05, 3.63) is 24.0 Å². The zero-order valence-electron chi connectivity index (χ0n) is 21.1. The summed E-state index contributed by atoms with van der Waals surface area (Å²) >= 11 is 1.69. The first-order chi connectivity index (χ1) is 14.5. The zero-order chi connectivity index (χ0) is 23.4. The molecule has 6 unspecified atom stereocenters. The van der Waals surface area contributed by atoms with Crippen LogP contribution in [0.1, 0.15) is 74.1 Å². The van der Waals surface area contributed by atoms with Crippen LogP contribution in [0.4, 0.5) is 0 Å². The van der Waals surface area contributed by atoms with E-state index in [2.05, 4.69) is 54.4 Å². The van der Waals surface area contributed by atoms with Gasteiger partial charge in [-0.1, -0.05) is 39.8 Å². The van der Waals surface area contributed by atoms with Crippen molar-refractivity contribution in [2.45, 2.75) is 92.0 Å². The molecule has 3 aliphatic rings. The van der Waals surface area contributed by atoms with Gasteiger partial charge in [0.05, 0.1) is 31.0 Å². The molecule has 2 aliphatic carbocycles. The number of fused-ring (bicyclic) bond motifs is 3. The smallest absolute Gasteiger partial charge is 0.109 e. The van der Waals surface area contributed by atoms with Gasteiger partial charge in [-0.25, -0.2) is 0 Å². The second kappa shape index (κ2) is 10.6. The van der Waals surface area contributed by atoms with Gasteiger partial charge in [-0.15, -0.1) is 11.8 Å². The van der Waals surface area contributed by atoms with Gasteiger partial charge >= 0.3 is 0 Å². The topological polar surface area (TPSA) is 47.9 Å². The quantitative estimate of drug-likeness (QED) is 0.282. The largest absolute Gasteiger partial charge is 0.497 e. The summed E-state index contributed by atoms with van der Waals surface area (Å²) in [5.74, 6) is 1.75. The Kier molecular flexibility index (Phi) is 9.17. The van der Waals surface area contributed by atoms with Crippen LogP contribution < -0.4 is 0 Å². The van der Waals surface area contributed by atoms with Crippen molar-refractivity contribution in [2.24, 2.45) is 22.7 Å². The maximum Gasteiger partial charge on any atom is 0.109 e. The monoisotopic (exact) mass is 454 g/mol. The van der Waals surface area contributed by atoms with Gasteiger partial charge in [0.2, 0.25) is 0 Å². The van der Waals surface area contributed by atoms with E-state index in [0.29, 0.717) is 19.2 Å². The first-order valence-electron chi connectivity index (χ1n) is 11.8. The summed E-state index contributed by atoms with van der Waals surface area (Å²) < 4.78 is 18.5. The summed E-state index contributed by atoms with van der Waals surface area (Å²) in [7, 11) is 0. The van der Waals surface area contributed by atoms with Crippen molar-refractivity contribution in [3.63, 3.8) is 0 Å². The number of aliphatic hydroxyl groups excluding tert-OH is 1. The van der Waals surface area contributed by atoms with Crippen LogP contribution in [-0.4, -0.2) is 48.3 Å². The highest BCUT2D eigenvalue weighted by atomic mass is 32.2. The van der Waals surface area contributed by atoms with E-state index in [1.54, 1.807) is 11.8 Å². The lowest BCUT2D eigenvalue weighted by atomic mass is 9.45. The number of thioether (sulfide) groups is 1. The number of rotatable bonds is 7. The van der Waals surface area contributed by atoms with Crippen LogP contribution in [0.25, 0.3) is 0 Å². The van der Waals surface area contributed by atoms with Crippen molar-refractivity contribution < 1.29 is 19.3 Å². The third-order valence-electron chi connectivity index (χ3n) is 8.08. The molecule has 0 aromatic carbocycles. The lowest BCUT2D eigenvalue weighted by Gasteiger charge is -2.65. The molecule has 0 radical (unpaired) electrons. The van der Waals surface area contributed by atoms with E-state index in [0.717, 1.165) is 31.6 Å². The van der Waals surface area contributed by atoms with Gasteiger partial charge < -0.3 is 19.3 Å². The van der Waals surface area contributed by atoms with E-state index in [1.165, 1.54) is 17.4 Å². The fraction of sp³-hybridized carbons (Fsp3) is 0.846. The van der Waals surface area contributed by atoms with E-state index in [1.807, 2.05) is 6.92 Å². The number of ether oxygens (including phenoxy) is 3. The molecule has 1 saturated heterocycles. The minimum Gasteiger partial charge on any atom is -0.497 e. The fourth-order valence-electron chi connectivity index (χ4n) is 6.65. The van der Waals surface area contributed by atoms with E-state index >= 15 is 0 Å². The van der Waals surface area contributed by atoms with Gasteiger partial charge in [0, 0.05) is 11.3 Å². The second-order valence-electron chi connectivity index (χ2n) is 10.7. The summed E-state index contributed by atoms with van der Waals surface area (Å²) in [6, 6.07) is 0. The Balaban J connectivity index is 0.000000785. The highest BCUT2D eigenvalue weighted by molar-refractivity contribution is 7.98. The standard InChI is InChI=1S/C22H36O4S.C4H10/c1-7-24-12-17-15(2)8-10-20(4)18(17)13-26-21(5)19(25-14-27-6)9-11-22(20,21)16(3)23;1-4(2)3/h7,16,18-19,23H,1,8-14H2,2-6H3;4H,1-3H3. The Hall–Kier alpha value is -0.490. The molecular weight excluding hydrogens is 408 g/mol. The highest BCUT2D eigenvalue weighted by Crippen LogP contribution is 2.69. The van der Waals surface area contributed by atoms with Gasteiger partial charge in [0.25, 0.3) is 0 Å². The molecule has 1 saturated carbocycles. The first kappa shape index (κ1) is 26.8. The van der Waals surface area contributed by atoms with Crippen LogP contribution in [0, 0.1) is 22.7 Å². The third-order valence-corrected chi connectivity index (χ3v) is 8.46. The number of allylic oxidation sites excluding steroid dienone is 1. The molecule has 4 nitrogen and oxygen atoms in total. The summed E-state index contributed by atoms with van der Waals surface area (Å²) in [5.41, 5.74) is 1.88. The van der Waals surface area contributed by atoms with Crippen molar-refractivity contribution >= 4 is 11.8 Å². The Morgan fingerprint density at radius 3 is 2.45 bits per heavy atom. The fourth-order valence-corrected chi connectivity index (χ4v) is 6.95. The molecule has 31 heavy (non-hydrogen) atoms. The first-order valence-corrected chi connectivity index (χ1v) is 13.2. The molecule has 0 aromatic heterocycles. The van der Waals surface area contributed by atoms with E-state index < -0.39 is 11.7 Å². The SMILES string of the molecule is C=COCC1=C(C)CCC2(C)C1COC1(C)C(OCSC)CCC21C(C)O.CC(C)C. The molecule has 3 rings (SSSR count). The van der Waals surface area contributed by atoms with Crippen LogP contribution in [-0.2, 0) is 14.2 Å². The maximum atomic E-state index is 11.2. The van der Waals surface area contributed by atoms with Crippen molar-refractivity contribution in [2.75, 3.05) is 25.4 Å². The summed E-state index contributed by atoms with van der Waals surface area (Å²) in [6.07, 6.45) is 7.12. The van der Waals surface area contributed by atoms with E-state index in [4.69, 9.17) is 14.2 Å². The summed E-state index contributed by atoms with van der Waals surface area (Å²) in [5, 5.41) is 11.2. The normalized spacial score (nSPS) is 38.1. The minimum atomic E-state index is -0.474. The van der Waals surface area contributed by atoms with Gasteiger partial charge in [-0.2, -0.15) is 0 Å². The van der Waals surface area contributed by atoms with Crippen LogP contribution in [0.2, 0.25) is 0 Å². The average Bonchev–Trinajstić information content (AvgIpc) is 3.00. The van der Waals surface area contributed by atoms with Crippen LogP contribution in [0.15, 0.2) is 24.0 Å². The van der Waals surface area contributed by atoms with Crippen LogP contribution in [0.5, 0.6) is 0 Å². The van der Waals surface area contributed by atoms with Gasteiger partial charge in [0.15, 0.2) is 0 Å². The molecular formula is C26H46O4S. The molecule has 180 valence electrons. The van der Waals surface area contributed by atoms with E-state index in [9.17, 15) is 5.11 Å². The predicted molar refractivity (Wildman–Crippen MR) is 131 cm³/mol. The third kappa shape index (κ3) is 4.62. The minimum absolute atomic E-state index is 0.0252. The molecule has 2 fully saturated rings. The molecule has 0 bridgehead atoms. The Morgan fingerprint density at radius 1 is 1.26 bits per heavy atom.